The largest absolute Gasteiger partial charge is 0.493 e. The first-order valence-electron chi connectivity index (χ1n) is 5.23. The van der Waals surface area contributed by atoms with Crippen LogP contribution in [0.3, 0.4) is 0 Å². The molecule has 0 aliphatic heterocycles. The molecule has 0 fully saturated rings. The van der Waals surface area contributed by atoms with Crippen LogP contribution in [0.2, 0.25) is 5.02 Å². The highest BCUT2D eigenvalue weighted by Gasteiger charge is 2.12. The van der Waals surface area contributed by atoms with Crippen LogP contribution in [-0.4, -0.2) is 6.61 Å². The van der Waals surface area contributed by atoms with Gasteiger partial charge in [0.1, 0.15) is 5.75 Å². The van der Waals surface area contributed by atoms with Crippen LogP contribution in [0.5, 0.6) is 5.75 Å². The zero-order valence-corrected chi connectivity index (χ0v) is 10.3. The van der Waals surface area contributed by atoms with Crippen molar-refractivity contribution in [2.24, 2.45) is 5.73 Å². The molecule has 0 spiro atoms. The van der Waals surface area contributed by atoms with Crippen LogP contribution < -0.4 is 10.5 Å². The lowest BCUT2D eigenvalue weighted by Crippen LogP contribution is -2.07. The van der Waals surface area contributed by atoms with Gasteiger partial charge in [0.05, 0.1) is 6.61 Å². The number of hydrogen-bond acceptors (Lipinski definition) is 2. The molecule has 1 aromatic carbocycles. The minimum absolute atomic E-state index is 0.465. The molecule has 1 aromatic rings. The summed E-state index contributed by atoms with van der Waals surface area (Å²) >= 11 is 6.09. The van der Waals surface area contributed by atoms with Crippen molar-refractivity contribution in [3.8, 4) is 5.75 Å². The second-order valence-corrected chi connectivity index (χ2v) is 4.07. The zero-order valence-electron chi connectivity index (χ0n) is 9.56. The van der Waals surface area contributed by atoms with E-state index in [9.17, 15) is 0 Å². The number of hydrogen-bond donors (Lipinski definition) is 1. The molecule has 0 heterocycles. The van der Waals surface area contributed by atoms with E-state index in [0.29, 0.717) is 6.54 Å². The summed E-state index contributed by atoms with van der Waals surface area (Å²) in [5, 5.41) is 0.761. The molecule has 0 radical (unpaired) electrons. The Balaban J connectivity index is 3.16. The zero-order chi connectivity index (χ0) is 11.4. The van der Waals surface area contributed by atoms with Crippen LogP contribution in [0.1, 0.15) is 30.0 Å². The molecular weight excluding hydrogens is 210 g/mol. The first-order chi connectivity index (χ1) is 7.11. The predicted molar refractivity (Wildman–Crippen MR) is 64.6 cm³/mol. The van der Waals surface area contributed by atoms with E-state index in [1.807, 2.05) is 19.9 Å². The Morgan fingerprint density at radius 3 is 2.60 bits per heavy atom. The molecule has 0 aromatic heterocycles. The maximum absolute atomic E-state index is 6.09. The predicted octanol–water partition coefficient (Wildman–Crippen LogP) is 3.20. The monoisotopic (exact) mass is 227 g/mol. The number of benzene rings is 1. The molecule has 2 nitrogen and oxygen atoms in total. The minimum Gasteiger partial charge on any atom is -0.493 e. The highest BCUT2D eigenvalue weighted by atomic mass is 35.5. The van der Waals surface area contributed by atoms with E-state index in [1.165, 1.54) is 0 Å². The Labute approximate surface area is 96.4 Å². The van der Waals surface area contributed by atoms with Crippen molar-refractivity contribution in [1.82, 2.24) is 0 Å². The molecule has 0 atom stereocenters. The van der Waals surface area contributed by atoms with Gasteiger partial charge in [-0.25, -0.2) is 0 Å². The minimum atomic E-state index is 0.465. The summed E-state index contributed by atoms with van der Waals surface area (Å²) in [4.78, 5) is 0. The quantitative estimate of drug-likeness (QED) is 0.858. The Kier molecular flexibility index (Phi) is 4.43. The number of aryl methyl sites for hydroxylation is 1. The summed E-state index contributed by atoms with van der Waals surface area (Å²) in [6.45, 7) is 7.24. The van der Waals surface area contributed by atoms with Crippen molar-refractivity contribution in [3.63, 3.8) is 0 Å². The Hall–Kier alpha value is -0.730. The fourth-order valence-electron chi connectivity index (χ4n) is 1.57. The Morgan fingerprint density at radius 1 is 1.40 bits per heavy atom. The number of rotatable bonds is 4. The highest BCUT2D eigenvalue weighted by Crippen LogP contribution is 2.31. The van der Waals surface area contributed by atoms with E-state index in [0.717, 1.165) is 40.5 Å². The van der Waals surface area contributed by atoms with Gasteiger partial charge in [0.2, 0.25) is 0 Å². The van der Waals surface area contributed by atoms with E-state index < -0.39 is 0 Å². The van der Waals surface area contributed by atoms with E-state index >= 15 is 0 Å². The summed E-state index contributed by atoms with van der Waals surface area (Å²) < 4.78 is 5.71. The van der Waals surface area contributed by atoms with Gasteiger partial charge in [-0.15, -0.1) is 0 Å². The number of ether oxygens (including phenoxy) is 1. The fourth-order valence-corrected chi connectivity index (χ4v) is 1.84. The van der Waals surface area contributed by atoms with Gasteiger partial charge in [-0.3, -0.25) is 0 Å². The molecule has 84 valence electrons. The SMILES string of the molecule is CCCOc1c(C)cc(Cl)c(C)c1CN. The van der Waals surface area contributed by atoms with Gasteiger partial charge in [-0.1, -0.05) is 18.5 Å². The Morgan fingerprint density at radius 2 is 2.07 bits per heavy atom. The maximum atomic E-state index is 6.09. The number of nitrogens with two attached hydrogens (primary N) is 1. The third kappa shape index (κ3) is 2.64. The molecule has 0 aliphatic carbocycles. The average molecular weight is 228 g/mol. The summed E-state index contributed by atoms with van der Waals surface area (Å²) in [6, 6.07) is 1.93. The van der Waals surface area contributed by atoms with Crippen LogP contribution in [-0.2, 0) is 6.54 Å². The summed E-state index contributed by atoms with van der Waals surface area (Å²) in [6.07, 6.45) is 0.991. The second kappa shape index (κ2) is 5.38. The van der Waals surface area contributed by atoms with Crippen LogP contribution in [0.25, 0.3) is 0 Å². The second-order valence-electron chi connectivity index (χ2n) is 3.66. The smallest absolute Gasteiger partial charge is 0.127 e. The molecule has 0 bridgehead atoms. The Bertz CT molecular complexity index is 350. The van der Waals surface area contributed by atoms with Crippen LogP contribution in [0.4, 0.5) is 0 Å². The molecule has 0 saturated carbocycles. The highest BCUT2D eigenvalue weighted by molar-refractivity contribution is 6.31. The van der Waals surface area contributed by atoms with Crippen molar-refractivity contribution >= 4 is 11.6 Å². The van der Waals surface area contributed by atoms with E-state index in [2.05, 4.69) is 6.92 Å². The van der Waals surface area contributed by atoms with Crippen LogP contribution >= 0.6 is 11.6 Å². The van der Waals surface area contributed by atoms with Crippen molar-refractivity contribution in [3.05, 3.63) is 27.8 Å². The summed E-state index contributed by atoms with van der Waals surface area (Å²) in [5.41, 5.74) is 8.82. The first-order valence-corrected chi connectivity index (χ1v) is 5.61. The van der Waals surface area contributed by atoms with Gasteiger partial charge in [0.25, 0.3) is 0 Å². The van der Waals surface area contributed by atoms with Crippen LogP contribution in [0.15, 0.2) is 6.07 Å². The van der Waals surface area contributed by atoms with Crippen molar-refractivity contribution < 1.29 is 4.74 Å². The van der Waals surface area contributed by atoms with Gasteiger partial charge in [0.15, 0.2) is 0 Å². The summed E-state index contributed by atoms with van der Waals surface area (Å²) in [7, 11) is 0. The van der Waals surface area contributed by atoms with Gasteiger partial charge in [-0.05, 0) is 37.5 Å². The lowest BCUT2D eigenvalue weighted by molar-refractivity contribution is 0.312. The third-order valence-electron chi connectivity index (χ3n) is 2.44. The normalized spacial score (nSPS) is 10.5. The molecule has 0 aliphatic rings. The molecule has 3 heteroatoms. The van der Waals surface area contributed by atoms with Gasteiger partial charge in [0, 0.05) is 17.1 Å². The van der Waals surface area contributed by atoms with Gasteiger partial charge < -0.3 is 10.5 Å². The molecule has 0 amide bonds. The van der Waals surface area contributed by atoms with E-state index in [4.69, 9.17) is 22.1 Å². The average Bonchev–Trinajstić information content (AvgIpc) is 2.21. The lowest BCUT2D eigenvalue weighted by atomic mass is 10.0. The first kappa shape index (κ1) is 12.3. The standard InChI is InChI=1S/C12H18ClNO/c1-4-5-15-12-8(2)6-11(13)9(3)10(12)7-14/h6H,4-5,7,14H2,1-3H3. The van der Waals surface area contributed by atoms with Crippen molar-refractivity contribution in [2.45, 2.75) is 33.7 Å². The molecule has 0 unspecified atom stereocenters. The maximum Gasteiger partial charge on any atom is 0.127 e. The van der Waals surface area contributed by atoms with Gasteiger partial charge in [-0.2, -0.15) is 0 Å². The van der Waals surface area contributed by atoms with Crippen molar-refractivity contribution in [2.75, 3.05) is 6.61 Å². The lowest BCUT2D eigenvalue weighted by Gasteiger charge is -2.16. The third-order valence-corrected chi connectivity index (χ3v) is 2.83. The van der Waals surface area contributed by atoms with E-state index in [-0.39, 0.29) is 0 Å². The molecule has 15 heavy (non-hydrogen) atoms. The number of halogens is 1. The topological polar surface area (TPSA) is 35.2 Å². The molecular formula is C12H18ClNO. The molecule has 0 saturated heterocycles. The fraction of sp³-hybridized carbons (Fsp3) is 0.500. The van der Waals surface area contributed by atoms with Crippen molar-refractivity contribution in [1.29, 1.82) is 0 Å². The summed E-state index contributed by atoms with van der Waals surface area (Å²) in [5.74, 6) is 0.904. The van der Waals surface area contributed by atoms with Gasteiger partial charge >= 0.3 is 0 Å². The van der Waals surface area contributed by atoms with E-state index in [1.54, 1.807) is 0 Å². The molecule has 1 rings (SSSR count). The van der Waals surface area contributed by atoms with Crippen LogP contribution in [0, 0.1) is 13.8 Å². The molecule has 2 N–H and O–H groups in total.